The van der Waals surface area contributed by atoms with E-state index >= 15 is 0 Å². The number of benzene rings is 1. The lowest BCUT2D eigenvalue weighted by Gasteiger charge is -2.29. The molecule has 1 fully saturated rings. The molecule has 2 rings (SSSR count). The molecule has 0 radical (unpaired) electrons. The molecule has 5 heteroatoms. The SMILES string of the molecule is CNC(COCC1CCOC1)(C(=O)O)c1ccccc1. The lowest BCUT2D eigenvalue weighted by Crippen LogP contribution is -2.51. The Morgan fingerprint density at radius 1 is 1.50 bits per heavy atom. The minimum absolute atomic E-state index is 0.0966. The second-order valence-corrected chi connectivity index (χ2v) is 5.07. The zero-order valence-corrected chi connectivity index (χ0v) is 11.7. The van der Waals surface area contributed by atoms with E-state index in [9.17, 15) is 9.90 Å². The van der Waals surface area contributed by atoms with E-state index in [0.717, 1.165) is 13.0 Å². The maximum atomic E-state index is 11.7. The molecule has 2 atom stereocenters. The third kappa shape index (κ3) is 3.17. The van der Waals surface area contributed by atoms with Gasteiger partial charge in [-0.1, -0.05) is 30.3 Å². The van der Waals surface area contributed by atoms with Gasteiger partial charge in [-0.2, -0.15) is 0 Å². The molecule has 0 bridgehead atoms. The molecule has 1 aromatic carbocycles. The first-order chi connectivity index (χ1) is 9.69. The molecular weight excluding hydrogens is 258 g/mol. The van der Waals surface area contributed by atoms with E-state index in [1.165, 1.54) is 0 Å². The number of hydrogen-bond acceptors (Lipinski definition) is 4. The first kappa shape index (κ1) is 15.0. The van der Waals surface area contributed by atoms with Crippen molar-refractivity contribution in [2.75, 3.05) is 33.5 Å². The third-order valence-corrected chi connectivity index (χ3v) is 3.75. The molecule has 2 unspecified atom stereocenters. The summed E-state index contributed by atoms with van der Waals surface area (Å²) in [6, 6.07) is 9.12. The highest BCUT2D eigenvalue weighted by Crippen LogP contribution is 2.23. The van der Waals surface area contributed by atoms with Gasteiger partial charge in [-0.15, -0.1) is 0 Å². The van der Waals surface area contributed by atoms with Gasteiger partial charge in [-0.25, -0.2) is 4.79 Å². The number of carboxylic acids is 1. The number of carbonyl (C=O) groups is 1. The van der Waals surface area contributed by atoms with Crippen LogP contribution < -0.4 is 5.32 Å². The van der Waals surface area contributed by atoms with Gasteiger partial charge in [0.1, 0.15) is 0 Å². The van der Waals surface area contributed by atoms with Crippen LogP contribution in [0.5, 0.6) is 0 Å². The Kier molecular flexibility index (Phi) is 5.11. The number of likely N-dealkylation sites (N-methyl/N-ethyl adjacent to an activating group) is 1. The Labute approximate surface area is 118 Å². The second-order valence-electron chi connectivity index (χ2n) is 5.07. The third-order valence-electron chi connectivity index (χ3n) is 3.75. The minimum atomic E-state index is -1.21. The average molecular weight is 279 g/mol. The summed E-state index contributed by atoms with van der Waals surface area (Å²) in [5.74, 6) is -0.567. The fourth-order valence-corrected chi connectivity index (χ4v) is 2.41. The summed E-state index contributed by atoms with van der Waals surface area (Å²) in [5.41, 5.74) is -0.515. The predicted molar refractivity (Wildman–Crippen MR) is 74.6 cm³/mol. The number of aliphatic carboxylic acids is 1. The fraction of sp³-hybridized carbons (Fsp3) is 0.533. The van der Waals surface area contributed by atoms with Crippen molar-refractivity contribution < 1.29 is 19.4 Å². The van der Waals surface area contributed by atoms with Crippen LogP contribution in [0.25, 0.3) is 0 Å². The number of rotatable bonds is 7. The fourth-order valence-electron chi connectivity index (χ4n) is 2.41. The van der Waals surface area contributed by atoms with E-state index in [4.69, 9.17) is 9.47 Å². The van der Waals surface area contributed by atoms with E-state index in [0.29, 0.717) is 24.7 Å². The number of nitrogens with one attached hydrogen (secondary N) is 1. The van der Waals surface area contributed by atoms with Gasteiger partial charge in [0.15, 0.2) is 5.54 Å². The molecule has 0 aliphatic carbocycles. The van der Waals surface area contributed by atoms with Crippen molar-refractivity contribution in [2.24, 2.45) is 5.92 Å². The quantitative estimate of drug-likeness (QED) is 0.786. The summed E-state index contributed by atoms with van der Waals surface area (Å²) in [6.07, 6.45) is 0.977. The van der Waals surface area contributed by atoms with Crippen LogP contribution >= 0.6 is 0 Å². The predicted octanol–water partition coefficient (Wildman–Crippen LogP) is 1.24. The van der Waals surface area contributed by atoms with Gasteiger partial charge >= 0.3 is 5.97 Å². The van der Waals surface area contributed by atoms with Crippen molar-refractivity contribution in [3.8, 4) is 0 Å². The minimum Gasteiger partial charge on any atom is -0.480 e. The largest absolute Gasteiger partial charge is 0.480 e. The molecule has 0 spiro atoms. The summed E-state index contributed by atoms with van der Waals surface area (Å²) >= 11 is 0. The van der Waals surface area contributed by atoms with Crippen LogP contribution in [0, 0.1) is 5.92 Å². The molecule has 20 heavy (non-hydrogen) atoms. The molecule has 1 saturated heterocycles. The van der Waals surface area contributed by atoms with Gasteiger partial charge in [0.2, 0.25) is 0 Å². The highest BCUT2D eigenvalue weighted by molar-refractivity contribution is 5.81. The van der Waals surface area contributed by atoms with Crippen molar-refractivity contribution in [2.45, 2.75) is 12.0 Å². The van der Waals surface area contributed by atoms with Crippen LogP contribution in [0.1, 0.15) is 12.0 Å². The Bertz CT molecular complexity index is 431. The first-order valence-electron chi connectivity index (χ1n) is 6.82. The smallest absolute Gasteiger partial charge is 0.330 e. The average Bonchev–Trinajstić information content (AvgIpc) is 2.97. The lowest BCUT2D eigenvalue weighted by molar-refractivity contribution is -0.148. The maximum Gasteiger partial charge on any atom is 0.330 e. The van der Waals surface area contributed by atoms with E-state index in [1.54, 1.807) is 19.2 Å². The molecule has 5 nitrogen and oxygen atoms in total. The normalized spacial score (nSPS) is 21.6. The zero-order valence-electron chi connectivity index (χ0n) is 11.7. The highest BCUT2D eigenvalue weighted by atomic mass is 16.5. The molecule has 1 aliphatic heterocycles. The Morgan fingerprint density at radius 2 is 2.25 bits per heavy atom. The Balaban J connectivity index is 2.05. The standard InChI is InChI=1S/C15H21NO4/c1-16-15(14(17)18,13-5-3-2-4-6-13)11-20-10-12-7-8-19-9-12/h2-6,12,16H,7-11H2,1H3,(H,17,18). The van der Waals surface area contributed by atoms with Crippen LogP contribution in [0.3, 0.4) is 0 Å². The Morgan fingerprint density at radius 3 is 2.80 bits per heavy atom. The van der Waals surface area contributed by atoms with Gasteiger partial charge in [0.25, 0.3) is 0 Å². The van der Waals surface area contributed by atoms with E-state index in [1.807, 2.05) is 18.2 Å². The molecule has 0 amide bonds. The number of ether oxygens (including phenoxy) is 2. The summed E-state index contributed by atoms with van der Waals surface area (Å²) in [7, 11) is 1.64. The maximum absolute atomic E-state index is 11.7. The summed E-state index contributed by atoms with van der Waals surface area (Å²) in [5, 5.41) is 12.5. The topological polar surface area (TPSA) is 67.8 Å². The zero-order chi connectivity index (χ0) is 14.4. The van der Waals surface area contributed by atoms with Crippen LogP contribution in [0.15, 0.2) is 30.3 Å². The van der Waals surface area contributed by atoms with Gasteiger partial charge in [0.05, 0.1) is 19.8 Å². The van der Waals surface area contributed by atoms with Crippen molar-refractivity contribution in [1.82, 2.24) is 5.32 Å². The number of hydrogen-bond donors (Lipinski definition) is 2. The van der Waals surface area contributed by atoms with Crippen molar-refractivity contribution in [3.63, 3.8) is 0 Å². The number of carboxylic acid groups (broad SMARTS) is 1. The molecule has 1 aromatic rings. The van der Waals surface area contributed by atoms with Crippen LogP contribution in [-0.2, 0) is 19.8 Å². The van der Waals surface area contributed by atoms with Gasteiger partial charge in [-0.3, -0.25) is 5.32 Å². The monoisotopic (exact) mass is 279 g/mol. The van der Waals surface area contributed by atoms with Crippen LogP contribution in [-0.4, -0.2) is 44.6 Å². The highest BCUT2D eigenvalue weighted by Gasteiger charge is 2.39. The summed E-state index contributed by atoms with van der Waals surface area (Å²) < 4.78 is 11.0. The molecule has 0 saturated carbocycles. The molecule has 1 heterocycles. The Hall–Kier alpha value is -1.43. The second kappa shape index (κ2) is 6.83. The van der Waals surface area contributed by atoms with Gasteiger partial charge in [0, 0.05) is 12.5 Å². The summed E-state index contributed by atoms with van der Waals surface area (Å²) in [4.78, 5) is 11.7. The molecule has 1 aliphatic rings. The van der Waals surface area contributed by atoms with Crippen LogP contribution in [0.2, 0.25) is 0 Å². The van der Waals surface area contributed by atoms with Gasteiger partial charge in [-0.05, 0) is 19.0 Å². The van der Waals surface area contributed by atoms with Crippen molar-refractivity contribution in [3.05, 3.63) is 35.9 Å². The molecule has 2 N–H and O–H groups in total. The molecular formula is C15H21NO4. The van der Waals surface area contributed by atoms with E-state index in [-0.39, 0.29) is 6.61 Å². The van der Waals surface area contributed by atoms with E-state index < -0.39 is 11.5 Å². The summed E-state index contributed by atoms with van der Waals surface area (Å²) in [6.45, 7) is 2.09. The molecule has 0 aromatic heterocycles. The lowest BCUT2D eigenvalue weighted by atomic mass is 9.91. The van der Waals surface area contributed by atoms with Crippen LogP contribution in [0.4, 0.5) is 0 Å². The van der Waals surface area contributed by atoms with E-state index in [2.05, 4.69) is 5.32 Å². The van der Waals surface area contributed by atoms with Crippen molar-refractivity contribution >= 4 is 5.97 Å². The van der Waals surface area contributed by atoms with Gasteiger partial charge < -0.3 is 14.6 Å². The first-order valence-corrected chi connectivity index (χ1v) is 6.82. The molecule has 110 valence electrons. The van der Waals surface area contributed by atoms with Crippen molar-refractivity contribution in [1.29, 1.82) is 0 Å².